The largest absolute Gasteiger partial charge is 0.457 e. The van der Waals surface area contributed by atoms with E-state index in [0.29, 0.717) is 41.4 Å². The third-order valence-electron chi connectivity index (χ3n) is 23.3. The van der Waals surface area contributed by atoms with E-state index in [0.717, 1.165) is 45.1 Å². The zero-order valence-electron chi connectivity index (χ0n) is 57.1. The third kappa shape index (κ3) is 14.0. The summed E-state index contributed by atoms with van der Waals surface area (Å²) in [6, 6.07) is 0. The van der Waals surface area contributed by atoms with Gasteiger partial charge in [0.25, 0.3) is 0 Å². The molecule has 0 amide bonds. The molecule has 0 bridgehead atoms. The minimum atomic E-state index is -1.42. The third-order valence-corrected chi connectivity index (χ3v) is 23.3. The molecule has 4 saturated carbocycles. The Morgan fingerprint density at radius 3 is 1.43 bits per heavy atom. The van der Waals surface area contributed by atoms with Crippen LogP contribution in [0.4, 0.5) is 0 Å². The molecular formula is C66H110O25. The lowest BCUT2D eigenvalue weighted by molar-refractivity contribution is -0.410. The van der Waals surface area contributed by atoms with Gasteiger partial charge in [-0.25, -0.2) is 0 Å². The Labute approximate surface area is 538 Å². The van der Waals surface area contributed by atoms with Crippen molar-refractivity contribution in [1.29, 1.82) is 0 Å². The number of esters is 2. The van der Waals surface area contributed by atoms with Gasteiger partial charge in [0.05, 0.1) is 45.2 Å². The minimum absolute atomic E-state index is 0.0157. The highest BCUT2D eigenvalue weighted by molar-refractivity contribution is 5.66. The van der Waals surface area contributed by atoms with E-state index in [4.69, 9.17) is 109 Å². The fraction of sp³-hybridized carbons (Fsp3) is 0.970. The summed E-state index contributed by atoms with van der Waals surface area (Å²) in [5, 5.41) is 0. The molecule has 0 aromatic carbocycles. The zero-order valence-corrected chi connectivity index (χ0v) is 57.1. The van der Waals surface area contributed by atoms with Crippen LogP contribution >= 0.6 is 0 Å². The second-order valence-electron chi connectivity index (χ2n) is 28.1. The van der Waals surface area contributed by atoms with E-state index >= 15 is 0 Å². The van der Waals surface area contributed by atoms with Crippen LogP contribution in [-0.4, -0.2) is 264 Å². The molecule has 25 heteroatoms. The zero-order chi connectivity index (χ0) is 65.3. The van der Waals surface area contributed by atoms with Crippen molar-refractivity contribution in [1.82, 2.24) is 0 Å². The predicted octanol–water partition coefficient (Wildman–Crippen LogP) is 5.43. The van der Waals surface area contributed by atoms with E-state index in [1.807, 2.05) is 0 Å². The molecule has 524 valence electrons. The van der Waals surface area contributed by atoms with E-state index in [1.165, 1.54) is 96.4 Å². The molecule has 6 saturated heterocycles. The number of hydrogen-bond acceptors (Lipinski definition) is 25. The van der Waals surface area contributed by atoms with Crippen LogP contribution < -0.4 is 0 Å². The molecule has 3 unspecified atom stereocenters. The fourth-order valence-corrected chi connectivity index (χ4v) is 19.1. The van der Waals surface area contributed by atoms with Gasteiger partial charge >= 0.3 is 11.9 Å². The van der Waals surface area contributed by atoms with Crippen molar-refractivity contribution >= 4 is 11.9 Å². The van der Waals surface area contributed by atoms with Crippen molar-refractivity contribution < 1.29 is 119 Å². The lowest BCUT2D eigenvalue weighted by Gasteiger charge is -2.61. The van der Waals surface area contributed by atoms with Gasteiger partial charge in [-0.2, -0.15) is 0 Å². The molecule has 10 aliphatic rings. The van der Waals surface area contributed by atoms with E-state index in [1.54, 1.807) is 21.3 Å². The van der Waals surface area contributed by atoms with Gasteiger partial charge < -0.3 is 109 Å². The molecule has 0 N–H and O–H groups in total. The minimum Gasteiger partial charge on any atom is -0.457 e. The standard InChI is InChI=1S/C66H110O25/c1-33-20-25-66(80-28-33)34(2)47-42(91-66)27-41-39-19-18-37-26-38(21-23-64(37,5)40(39)22-24-65(41,47)6)83-60-56(77-15)53(76-14)51(46(86-60)32-72-10)88-63-59(90-61-57(78-16)52(75-13)50(81-35(3)67)45(87-61)31-71-9)55(49(74-12)44(85-63)30-70-8)89-62-58(79-17)54(82-36(4)68)48(73-11)43(84-62)29-69-7/h33-34,37-63H,18-32H2,1-17H3/t33-,34?,37+,38+,39-,40+,41+,42?,43-,44-,45-,46-,47?,48-,49-,50-,51+,52+,53+,54+,55+,56-,57-,58-,59-,60-,61+,62+,63+,64+,65+,66-/m1/s1. The van der Waals surface area contributed by atoms with Crippen molar-refractivity contribution in [3.05, 3.63) is 0 Å². The van der Waals surface area contributed by atoms with Gasteiger partial charge in [-0.3, -0.25) is 9.59 Å². The molecule has 32 atom stereocenters. The normalized spacial score (nSPS) is 48.9. The Hall–Kier alpha value is -1.90. The maximum atomic E-state index is 12.8. The number of carbonyl (C=O) groups is 2. The number of hydrogen-bond donors (Lipinski definition) is 0. The Kier molecular flexibility index (Phi) is 24.4. The molecule has 6 aliphatic heterocycles. The summed E-state index contributed by atoms with van der Waals surface area (Å²) in [6.07, 6.45) is -9.61. The summed E-state index contributed by atoms with van der Waals surface area (Å²) in [7, 11) is 16.7. The molecule has 0 radical (unpaired) electrons. The van der Waals surface area contributed by atoms with Gasteiger partial charge in [-0.1, -0.05) is 27.7 Å². The Morgan fingerprint density at radius 1 is 0.440 bits per heavy atom. The molecule has 10 rings (SSSR count). The van der Waals surface area contributed by atoms with E-state index in [9.17, 15) is 9.59 Å². The van der Waals surface area contributed by atoms with Gasteiger partial charge in [0.1, 0.15) is 85.5 Å². The van der Waals surface area contributed by atoms with Crippen molar-refractivity contribution in [2.75, 3.05) is 111 Å². The summed E-state index contributed by atoms with van der Waals surface area (Å²) >= 11 is 0. The van der Waals surface area contributed by atoms with Crippen molar-refractivity contribution in [3.63, 3.8) is 0 Å². The fourth-order valence-electron chi connectivity index (χ4n) is 19.1. The average Bonchev–Trinajstić information content (AvgIpc) is 1.56. The van der Waals surface area contributed by atoms with Crippen LogP contribution in [0.1, 0.15) is 106 Å². The van der Waals surface area contributed by atoms with Crippen LogP contribution in [0.5, 0.6) is 0 Å². The van der Waals surface area contributed by atoms with Gasteiger partial charge in [-0.05, 0) is 104 Å². The number of methoxy groups -OCH3 is 11. The highest BCUT2D eigenvalue weighted by Crippen LogP contribution is 2.71. The lowest BCUT2D eigenvalue weighted by Crippen LogP contribution is -2.69. The SMILES string of the molecule is COC[C@H]1O[C@@H](O[C@H]2CC[C@@]3(C)[C@@H](CC[C@@H]4[C@@H]3CC[C@]3(C)C5C(C[C@@H]43)O[C@]3(CC[C@@H](C)CO3)C5C)C2)[C@H](OC)[C@@H](OC)[C@H]1O[C@@H]1O[C@H](COC)[C@@H](OC)[C@H](O[C@@H]2O[C@H](COC)[C@@H](OC)[C@H](OC(C)=O)[C@H]2OC)[C@H]1O[C@@H]1O[C@H](COC)[C@@H](OC(C)=O)[C@H](OC)[C@H]1OC. The number of ether oxygens (including phenoxy) is 23. The Balaban J connectivity index is 0.918. The summed E-state index contributed by atoms with van der Waals surface area (Å²) in [5.41, 5.74) is 0.428. The molecule has 91 heavy (non-hydrogen) atoms. The summed E-state index contributed by atoms with van der Waals surface area (Å²) in [5.74, 6) is 2.35. The maximum Gasteiger partial charge on any atom is 0.303 e. The predicted molar refractivity (Wildman–Crippen MR) is 320 cm³/mol. The molecule has 6 heterocycles. The van der Waals surface area contributed by atoms with Crippen LogP contribution in [0, 0.1) is 52.3 Å². The van der Waals surface area contributed by atoms with Crippen molar-refractivity contribution in [3.8, 4) is 0 Å². The van der Waals surface area contributed by atoms with E-state index < -0.39 is 141 Å². The summed E-state index contributed by atoms with van der Waals surface area (Å²) in [6.45, 7) is 13.3. The topological polar surface area (TPSA) is 246 Å². The molecule has 4 aliphatic carbocycles. The second kappa shape index (κ2) is 30.9. The van der Waals surface area contributed by atoms with Gasteiger partial charge in [-0.15, -0.1) is 0 Å². The van der Waals surface area contributed by atoms with E-state index in [2.05, 4.69) is 27.7 Å². The average molecular weight is 1300 g/mol. The molecule has 0 aromatic rings. The summed E-state index contributed by atoms with van der Waals surface area (Å²) in [4.78, 5) is 25.5. The highest BCUT2D eigenvalue weighted by atomic mass is 16.8. The van der Waals surface area contributed by atoms with Gasteiger partial charge in [0.15, 0.2) is 43.2 Å². The first kappa shape index (κ1) is 71.9. The molecule has 1 spiro atoms. The molecule has 0 aromatic heterocycles. The number of fused-ring (bicyclic) bond motifs is 7. The monoisotopic (exact) mass is 1300 g/mol. The van der Waals surface area contributed by atoms with Crippen molar-refractivity contribution in [2.24, 2.45) is 52.3 Å². The Morgan fingerprint density at radius 2 is 0.901 bits per heavy atom. The number of carbonyl (C=O) groups excluding carboxylic acids is 2. The maximum absolute atomic E-state index is 12.8. The van der Waals surface area contributed by atoms with Crippen LogP contribution in [0.3, 0.4) is 0 Å². The smallest absolute Gasteiger partial charge is 0.303 e. The lowest BCUT2D eigenvalue weighted by atomic mass is 9.44. The van der Waals surface area contributed by atoms with Crippen LogP contribution in [0.2, 0.25) is 0 Å². The highest BCUT2D eigenvalue weighted by Gasteiger charge is 2.70. The van der Waals surface area contributed by atoms with Gasteiger partial charge in [0.2, 0.25) is 0 Å². The van der Waals surface area contributed by atoms with E-state index in [-0.39, 0.29) is 49.5 Å². The van der Waals surface area contributed by atoms with Crippen LogP contribution in [-0.2, 0) is 119 Å². The first-order valence-corrected chi connectivity index (χ1v) is 33.3. The van der Waals surface area contributed by atoms with Crippen LogP contribution in [0.25, 0.3) is 0 Å². The second-order valence-corrected chi connectivity index (χ2v) is 28.1. The first-order chi connectivity index (χ1) is 43.8. The first-order valence-electron chi connectivity index (χ1n) is 33.3. The van der Waals surface area contributed by atoms with Crippen LogP contribution in [0.15, 0.2) is 0 Å². The molecule has 10 fully saturated rings. The van der Waals surface area contributed by atoms with Gasteiger partial charge in [0, 0.05) is 104 Å². The molecular weight excluding hydrogens is 1190 g/mol. The quantitative estimate of drug-likeness (QED) is 0.0817. The number of rotatable bonds is 25. The Bertz CT molecular complexity index is 2310. The van der Waals surface area contributed by atoms with Crippen molar-refractivity contribution in [2.45, 2.75) is 247 Å². The summed E-state index contributed by atoms with van der Waals surface area (Å²) < 4.78 is 148. The molecule has 25 nitrogen and oxygen atoms in total.